The summed E-state index contributed by atoms with van der Waals surface area (Å²) in [7, 11) is -0.651. The SMILES string of the molecule is CC[C@H](C(=O)Nc1ccc(OC)c(OC)c1)N(c1ccc(C)cc1)S(C)(=O)=O. The smallest absolute Gasteiger partial charge is 0.248 e. The number of amides is 1. The molecular weight excluding hydrogens is 380 g/mol. The molecule has 152 valence electrons. The first-order chi connectivity index (χ1) is 13.2. The van der Waals surface area contributed by atoms with Crippen molar-refractivity contribution < 1.29 is 22.7 Å². The fourth-order valence-corrected chi connectivity index (χ4v) is 4.10. The number of ether oxygens (including phenoxy) is 2. The number of sulfonamides is 1. The molecule has 2 aromatic carbocycles. The third kappa shape index (κ3) is 4.95. The Hall–Kier alpha value is -2.74. The van der Waals surface area contributed by atoms with E-state index >= 15 is 0 Å². The molecule has 28 heavy (non-hydrogen) atoms. The molecule has 0 aliphatic carbocycles. The van der Waals surface area contributed by atoms with Crippen LogP contribution in [0.4, 0.5) is 11.4 Å². The van der Waals surface area contributed by atoms with Gasteiger partial charge in [0.05, 0.1) is 26.2 Å². The number of anilines is 2. The van der Waals surface area contributed by atoms with Crippen LogP contribution in [0.2, 0.25) is 0 Å². The van der Waals surface area contributed by atoms with E-state index < -0.39 is 22.0 Å². The van der Waals surface area contributed by atoms with Gasteiger partial charge in [-0.05, 0) is 37.6 Å². The number of methoxy groups -OCH3 is 2. The van der Waals surface area contributed by atoms with Crippen LogP contribution in [0.1, 0.15) is 18.9 Å². The molecule has 1 N–H and O–H groups in total. The Morgan fingerprint density at radius 3 is 2.18 bits per heavy atom. The summed E-state index contributed by atoms with van der Waals surface area (Å²) >= 11 is 0. The topological polar surface area (TPSA) is 84.9 Å². The van der Waals surface area contributed by atoms with E-state index in [1.54, 1.807) is 37.3 Å². The van der Waals surface area contributed by atoms with Crippen molar-refractivity contribution in [3.8, 4) is 11.5 Å². The van der Waals surface area contributed by atoms with Gasteiger partial charge in [0.25, 0.3) is 0 Å². The highest BCUT2D eigenvalue weighted by Gasteiger charge is 2.31. The molecule has 0 aromatic heterocycles. The van der Waals surface area contributed by atoms with Crippen LogP contribution in [0.25, 0.3) is 0 Å². The lowest BCUT2D eigenvalue weighted by Gasteiger charge is -2.30. The second kappa shape index (κ2) is 8.97. The van der Waals surface area contributed by atoms with Crippen LogP contribution in [-0.4, -0.2) is 40.8 Å². The summed E-state index contributed by atoms with van der Waals surface area (Å²) in [5, 5.41) is 2.77. The van der Waals surface area contributed by atoms with E-state index in [0.717, 1.165) is 16.1 Å². The van der Waals surface area contributed by atoms with Gasteiger partial charge < -0.3 is 14.8 Å². The molecule has 2 aromatic rings. The fraction of sp³-hybridized carbons (Fsp3) is 0.350. The number of hydrogen-bond donors (Lipinski definition) is 1. The van der Waals surface area contributed by atoms with Gasteiger partial charge in [-0.25, -0.2) is 8.42 Å². The highest BCUT2D eigenvalue weighted by molar-refractivity contribution is 7.92. The predicted molar refractivity (Wildman–Crippen MR) is 111 cm³/mol. The van der Waals surface area contributed by atoms with Crippen LogP contribution < -0.4 is 19.1 Å². The van der Waals surface area contributed by atoms with E-state index in [1.807, 2.05) is 19.1 Å². The summed E-state index contributed by atoms with van der Waals surface area (Å²) in [5.41, 5.74) is 1.93. The number of nitrogens with zero attached hydrogens (tertiary/aromatic N) is 1. The van der Waals surface area contributed by atoms with Crippen molar-refractivity contribution >= 4 is 27.3 Å². The molecule has 0 fully saturated rings. The average Bonchev–Trinajstić information content (AvgIpc) is 2.65. The molecule has 1 amide bonds. The molecule has 0 aliphatic heterocycles. The molecule has 2 rings (SSSR count). The summed E-state index contributed by atoms with van der Waals surface area (Å²) < 4.78 is 36.5. The monoisotopic (exact) mass is 406 g/mol. The van der Waals surface area contributed by atoms with Crippen LogP contribution in [0.5, 0.6) is 11.5 Å². The van der Waals surface area contributed by atoms with Gasteiger partial charge in [-0.15, -0.1) is 0 Å². The van der Waals surface area contributed by atoms with Crippen LogP contribution in [0.3, 0.4) is 0 Å². The number of rotatable bonds is 8. The molecule has 0 bridgehead atoms. The van der Waals surface area contributed by atoms with Crippen molar-refractivity contribution in [1.82, 2.24) is 0 Å². The summed E-state index contributed by atoms with van der Waals surface area (Å²) in [6.07, 6.45) is 1.40. The Labute approximate surface area is 166 Å². The maximum atomic E-state index is 12.9. The summed E-state index contributed by atoms with van der Waals surface area (Å²) in [5.74, 6) is 0.567. The van der Waals surface area contributed by atoms with E-state index in [4.69, 9.17) is 9.47 Å². The zero-order chi connectivity index (χ0) is 20.9. The Balaban J connectivity index is 2.35. The fourth-order valence-electron chi connectivity index (χ4n) is 2.89. The number of aryl methyl sites for hydroxylation is 1. The minimum atomic E-state index is -3.68. The standard InChI is InChI=1S/C20H26N2O5S/c1-6-17(22(28(5,24)25)16-10-7-14(2)8-11-16)20(23)21-15-9-12-18(26-3)19(13-15)27-4/h7-13,17H,6H2,1-5H3,(H,21,23)/t17-/m1/s1. The van der Waals surface area contributed by atoms with Crippen molar-refractivity contribution in [2.45, 2.75) is 26.3 Å². The van der Waals surface area contributed by atoms with Gasteiger partial charge in [0, 0.05) is 11.8 Å². The second-order valence-electron chi connectivity index (χ2n) is 6.38. The second-order valence-corrected chi connectivity index (χ2v) is 8.24. The summed E-state index contributed by atoms with van der Waals surface area (Å²) in [4.78, 5) is 12.9. The Morgan fingerprint density at radius 2 is 1.68 bits per heavy atom. The molecular formula is C20H26N2O5S. The zero-order valence-electron chi connectivity index (χ0n) is 16.7. The van der Waals surface area contributed by atoms with Gasteiger partial charge >= 0.3 is 0 Å². The van der Waals surface area contributed by atoms with E-state index in [-0.39, 0.29) is 0 Å². The molecule has 0 saturated heterocycles. The van der Waals surface area contributed by atoms with E-state index in [0.29, 0.717) is 29.3 Å². The molecule has 0 spiro atoms. The van der Waals surface area contributed by atoms with Crippen molar-refractivity contribution in [1.29, 1.82) is 0 Å². The first-order valence-electron chi connectivity index (χ1n) is 8.80. The van der Waals surface area contributed by atoms with Gasteiger partial charge in [0.1, 0.15) is 6.04 Å². The number of hydrogen-bond acceptors (Lipinski definition) is 5. The van der Waals surface area contributed by atoms with Crippen LogP contribution >= 0.6 is 0 Å². The minimum absolute atomic E-state index is 0.306. The third-order valence-electron chi connectivity index (χ3n) is 4.27. The zero-order valence-corrected chi connectivity index (χ0v) is 17.5. The highest BCUT2D eigenvalue weighted by atomic mass is 32.2. The first-order valence-corrected chi connectivity index (χ1v) is 10.6. The Kier molecular flexibility index (Phi) is 6.90. The molecule has 8 heteroatoms. The first kappa shape index (κ1) is 21.6. The summed E-state index contributed by atoms with van der Waals surface area (Å²) in [6.45, 7) is 3.68. The van der Waals surface area contributed by atoms with Gasteiger partial charge in [0.15, 0.2) is 11.5 Å². The normalized spacial score (nSPS) is 12.2. The molecule has 0 aliphatic rings. The minimum Gasteiger partial charge on any atom is -0.493 e. The van der Waals surface area contributed by atoms with Crippen molar-refractivity contribution in [3.05, 3.63) is 48.0 Å². The van der Waals surface area contributed by atoms with Crippen LogP contribution in [-0.2, 0) is 14.8 Å². The predicted octanol–water partition coefficient (Wildman–Crippen LogP) is 3.20. The van der Waals surface area contributed by atoms with Crippen molar-refractivity contribution in [3.63, 3.8) is 0 Å². The lowest BCUT2D eigenvalue weighted by atomic mass is 10.1. The highest BCUT2D eigenvalue weighted by Crippen LogP contribution is 2.30. The number of nitrogens with one attached hydrogen (secondary N) is 1. The van der Waals surface area contributed by atoms with Crippen LogP contribution in [0.15, 0.2) is 42.5 Å². The van der Waals surface area contributed by atoms with E-state index in [2.05, 4.69) is 5.32 Å². The molecule has 1 atom stereocenters. The Morgan fingerprint density at radius 1 is 1.07 bits per heavy atom. The number of carbonyl (C=O) groups is 1. The van der Waals surface area contributed by atoms with Gasteiger partial charge in [0.2, 0.25) is 15.9 Å². The van der Waals surface area contributed by atoms with Gasteiger partial charge in [-0.3, -0.25) is 9.10 Å². The van der Waals surface area contributed by atoms with Crippen molar-refractivity contribution in [2.75, 3.05) is 30.1 Å². The van der Waals surface area contributed by atoms with E-state index in [9.17, 15) is 13.2 Å². The maximum absolute atomic E-state index is 12.9. The largest absolute Gasteiger partial charge is 0.493 e. The quantitative estimate of drug-likeness (QED) is 0.728. The molecule has 0 heterocycles. The van der Waals surface area contributed by atoms with Crippen LogP contribution in [0, 0.1) is 6.92 Å². The molecule has 0 unspecified atom stereocenters. The number of carbonyl (C=O) groups excluding carboxylic acids is 1. The lowest BCUT2D eigenvalue weighted by Crippen LogP contribution is -2.47. The number of benzene rings is 2. The van der Waals surface area contributed by atoms with E-state index in [1.165, 1.54) is 14.2 Å². The molecule has 0 radical (unpaired) electrons. The molecule has 0 saturated carbocycles. The molecule has 7 nitrogen and oxygen atoms in total. The third-order valence-corrected chi connectivity index (χ3v) is 5.45. The van der Waals surface area contributed by atoms with Gasteiger partial charge in [-0.1, -0.05) is 24.6 Å². The maximum Gasteiger partial charge on any atom is 0.248 e. The van der Waals surface area contributed by atoms with Crippen molar-refractivity contribution in [2.24, 2.45) is 0 Å². The average molecular weight is 407 g/mol. The lowest BCUT2D eigenvalue weighted by molar-refractivity contribution is -0.117. The summed E-state index contributed by atoms with van der Waals surface area (Å²) in [6, 6.07) is 11.1. The Bertz CT molecular complexity index is 926. The van der Waals surface area contributed by atoms with Gasteiger partial charge in [-0.2, -0.15) is 0 Å².